The van der Waals surface area contributed by atoms with Gasteiger partial charge in [0.2, 0.25) is 0 Å². The van der Waals surface area contributed by atoms with E-state index in [1.54, 1.807) is 12.4 Å². The first-order valence-electron chi connectivity index (χ1n) is 10.1. The maximum absolute atomic E-state index is 12.6. The van der Waals surface area contributed by atoms with E-state index in [1.165, 1.54) is 0 Å². The molecule has 0 radical (unpaired) electrons. The van der Waals surface area contributed by atoms with Crippen LogP contribution in [0.5, 0.6) is 5.75 Å². The van der Waals surface area contributed by atoms with Gasteiger partial charge in [-0.15, -0.1) is 0 Å². The summed E-state index contributed by atoms with van der Waals surface area (Å²) >= 11 is 0. The Balaban J connectivity index is 1.26. The Morgan fingerprint density at radius 1 is 1.36 bits per heavy atom. The lowest BCUT2D eigenvalue weighted by Gasteiger charge is -2.46. The van der Waals surface area contributed by atoms with E-state index in [0.29, 0.717) is 18.2 Å². The number of likely N-dealkylation sites (tertiary alicyclic amines) is 1. The lowest BCUT2D eigenvalue weighted by molar-refractivity contribution is -0.125. The van der Waals surface area contributed by atoms with Crippen LogP contribution in [-0.2, 0) is 4.74 Å². The first-order chi connectivity index (χ1) is 13.6. The van der Waals surface area contributed by atoms with E-state index >= 15 is 0 Å². The highest BCUT2D eigenvalue weighted by Gasteiger charge is 2.41. The van der Waals surface area contributed by atoms with Crippen LogP contribution in [0.4, 0.5) is 0 Å². The Kier molecular flexibility index (Phi) is 5.62. The van der Waals surface area contributed by atoms with Crippen molar-refractivity contribution >= 4 is 5.91 Å². The molecule has 4 heterocycles. The van der Waals surface area contributed by atoms with Crippen LogP contribution in [-0.4, -0.2) is 57.9 Å². The SMILES string of the molecule is Cc1cc(C(=O)N2CCC3(CC2)CC(CCOc2ccncc2)CCO3)n[nH]1. The van der Waals surface area contributed by atoms with Gasteiger partial charge in [-0.25, -0.2) is 0 Å². The summed E-state index contributed by atoms with van der Waals surface area (Å²) in [4.78, 5) is 18.5. The van der Waals surface area contributed by atoms with Crippen molar-refractivity contribution in [2.24, 2.45) is 5.92 Å². The van der Waals surface area contributed by atoms with E-state index in [1.807, 2.05) is 30.0 Å². The number of aromatic amines is 1. The highest BCUT2D eigenvalue weighted by molar-refractivity contribution is 5.92. The fraction of sp³-hybridized carbons (Fsp3) is 0.571. The minimum absolute atomic E-state index is 0.0114. The number of ether oxygens (including phenoxy) is 2. The normalized spacial score (nSPS) is 21.6. The van der Waals surface area contributed by atoms with Gasteiger partial charge in [-0.3, -0.25) is 14.9 Å². The Hall–Kier alpha value is -2.41. The first kappa shape index (κ1) is 18.9. The Bertz CT molecular complexity index is 784. The van der Waals surface area contributed by atoms with Crippen LogP contribution in [0.2, 0.25) is 0 Å². The smallest absolute Gasteiger partial charge is 0.274 e. The number of hydrogen-bond donors (Lipinski definition) is 1. The largest absolute Gasteiger partial charge is 0.493 e. The quantitative estimate of drug-likeness (QED) is 0.857. The molecule has 0 saturated carbocycles. The minimum Gasteiger partial charge on any atom is -0.493 e. The lowest BCUT2D eigenvalue weighted by atomic mass is 9.78. The van der Waals surface area contributed by atoms with Crippen LogP contribution in [0.1, 0.15) is 48.3 Å². The third kappa shape index (κ3) is 4.35. The summed E-state index contributed by atoms with van der Waals surface area (Å²) in [7, 11) is 0. The molecule has 1 N–H and O–H groups in total. The maximum atomic E-state index is 12.6. The summed E-state index contributed by atoms with van der Waals surface area (Å²) in [6.07, 6.45) is 8.44. The van der Waals surface area contributed by atoms with Crippen LogP contribution in [0.25, 0.3) is 0 Å². The van der Waals surface area contributed by atoms with Crippen molar-refractivity contribution < 1.29 is 14.3 Å². The molecular formula is C21H28N4O3. The molecule has 2 aliphatic heterocycles. The van der Waals surface area contributed by atoms with E-state index in [4.69, 9.17) is 9.47 Å². The Morgan fingerprint density at radius 3 is 2.86 bits per heavy atom. The molecule has 2 saturated heterocycles. The van der Waals surface area contributed by atoms with Crippen LogP contribution in [0, 0.1) is 12.8 Å². The van der Waals surface area contributed by atoms with Gasteiger partial charge in [0.1, 0.15) is 11.4 Å². The topological polar surface area (TPSA) is 80.3 Å². The second-order valence-corrected chi connectivity index (χ2v) is 7.94. The maximum Gasteiger partial charge on any atom is 0.274 e. The van der Waals surface area contributed by atoms with Crippen molar-refractivity contribution in [2.75, 3.05) is 26.3 Å². The van der Waals surface area contributed by atoms with Gasteiger partial charge in [-0.2, -0.15) is 5.10 Å². The van der Waals surface area contributed by atoms with Crippen molar-refractivity contribution in [1.82, 2.24) is 20.1 Å². The molecule has 2 aliphatic rings. The molecule has 7 heteroatoms. The van der Waals surface area contributed by atoms with Gasteiger partial charge in [-0.1, -0.05) is 0 Å². The number of aromatic nitrogens is 3. The summed E-state index contributed by atoms with van der Waals surface area (Å²) in [5.41, 5.74) is 1.33. The van der Waals surface area contributed by atoms with Gasteiger partial charge >= 0.3 is 0 Å². The standard InChI is InChI=1S/C21H28N4O3/c1-16-14-19(24-23-16)20(26)25-10-6-21(7-11-25)15-17(5-13-28-21)4-12-27-18-2-8-22-9-3-18/h2-3,8-9,14,17H,4-7,10-13,15H2,1H3,(H,23,24). The highest BCUT2D eigenvalue weighted by atomic mass is 16.5. The predicted molar refractivity (Wildman–Crippen MR) is 104 cm³/mol. The van der Waals surface area contributed by atoms with Crippen molar-refractivity contribution in [3.8, 4) is 5.75 Å². The number of nitrogens with zero attached hydrogens (tertiary/aromatic N) is 3. The molecule has 1 unspecified atom stereocenters. The first-order valence-corrected chi connectivity index (χ1v) is 10.1. The van der Waals surface area contributed by atoms with Gasteiger partial charge in [0.25, 0.3) is 5.91 Å². The van der Waals surface area contributed by atoms with Crippen molar-refractivity contribution in [1.29, 1.82) is 0 Å². The molecule has 1 atom stereocenters. The van der Waals surface area contributed by atoms with Crippen LogP contribution < -0.4 is 4.74 Å². The van der Waals surface area contributed by atoms with Crippen molar-refractivity contribution in [3.05, 3.63) is 42.0 Å². The number of carbonyl (C=O) groups is 1. The molecule has 0 bridgehead atoms. The molecule has 2 aromatic heterocycles. The number of carbonyl (C=O) groups excluding carboxylic acids is 1. The van der Waals surface area contributed by atoms with E-state index in [0.717, 1.165) is 63.2 Å². The van der Waals surface area contributed by atoms with Gasteiger partial charge in [0.15, 0.2) is 0 Å². The average molecular weight is 384 g/mol. The third-order valence-electron chi connectivity index (χ3n) is 5.93. The lowest BCUT2D eigenvalue weighted by Crippen LogP contribution is -2.51. The Labute approximate surface area is 165 Å². The van der Waals surface area contributed by atoms with E-state index in [9.17, 15) is 4.79 Å². The van der Waals surface area contributed by atoms with E-state index in [2.05, 4.69) is 15.2 Å². The predicted octanol–water partition coefficient (Wildman–Crippen LogP) is 2.98. The number of rotatable bonds is 5. The number of pyridine rings is 1. The minimum atomic E-state index is -0.0855. The third-order valence-corrected chi connectivity index (χ3v) is 5.93. The molecule has 2 aromatic rings. The summed E-state index contributed by atoms with van der Waals surface area (Å²) in [6.45, 7) is 4.87. The van der Waals surface area contributed by atoms with Gasteiger partial charge in [0, 0.05) is 37.8 Å². The number of piperidine rings is 1. The molecule has 1 spiro atoms. The summed E-state index contributed by atoms with van der Waals surface area (Å²) in [5.74, 6) is 1.49. The van der Waals surface area contributed by atoms with Gasteiger partial charge < -0.3 is 14.4 Å². The summed E-state index contributed by atoms with van der Waals surface area (Å²) < 4.78 is 12.1. The van der Waals surface area contributed by atoms with E-state index in [-0.39, 0.29) is 11.5 Å². The zero-order valence-corrected chi connectivity index (χ0v) is 16.4. The fourth-order valence-electron chi connectivity index (χ4n) is 4.31. The monoisotopic (exact) mass is 384 g/mol. The second-order valence-electron chi connectivity index (χ2n) is 7.94. The highest BCUT2D eigenvalue weighted by Crippen LogP contribution is 2.39. The van der Waals surface area contributed by atoms with E-state index < -0.39 is 0 Å². The van der Waals surface area contributed by atoms with Crippen LogP contribution in [0.15, 0.2) is 30.6 Å². The van der Waals surface area contributed by atoms with Crippen molar-refractivity contribution in [3.63, 3.8) is 0 Å². The molecule has 0 aromatic carbocycles. The van der Waals surface area contributed by atoms with Crippen molar-refractivity contribution in [2.45, 2.75) is 44.6 Å². The molecule has 150 valence electrons. The summed E-state index contributed by atoms with van der Waals surface area (Å²) in [6, 6.07) is 5.58. The van der Waals surface area contributed by atoms with Crippen LogP contribution >= 0.6 is 0 Å². The van der Waals surface area contributed by atoms with Crippen LogP contribution in [0.3, 0.4) is 0 Å². The zero-order chi connectivity index (χ0) is 19.4. The number of amides is 1. The van der Waals surface area contributed by atoms with Gasteiger partial charge in [-0.05, 0) is 63.1 Å². The molecule has 2 fully saturated rings. The molecular weight excluding hydrogens is 356 g/mol. The molecule has 1 amide bonds. The number of hydrogen-bond acceptors (Lipinski definition) is 5. The summed E-state index contributed by atoms with van der Waals surface area (Å²) in [5, 5.41) is 6.95. The Morgan fingerprint density at radius 2 is 2.14 bits per heavy atom. The number of aryl methyl sites for hydroxylation is 1. The number of H-pyrrole nitrogens is 1. The molecule has 0 aliphatic carbocycles. The molecule has 7 nitrogen and oxygen atoms in total. The number of nitrogens with one attached hydrogen (secondary N) is 1. The second kappa shape index (κ2) is 8.31. The average Bonchev–Trinajstić information content (AvgIpc) is 3.15. The molecule has 4 rings (SSSR count). The fourth-order valence-corrected chi connectivity index (χ4v) is 4.31. The zero-order valence-electron chi connectivity index (χ0n) is 16.4. The van der Waals surface area contributed by atoms with Gasteiger partial charge in [0.05, 0.1) is 12.2 Å². The molecule has 28 heavy (non-hydrogen) atoms.